The Kier molecular flexibility index (Phi) is 6.16. The van der Waals surface area contributed by atoms with Crippen molar-refractivity contribution >= 4 is 5.96 Å². The molecule has 1 heterocycles. The van der Waals surface area contributed by atoms with E-state index in [1.807, 2.05) is 6.07 Å². The highest BCUT2D eigenvalue weighted by Crippen LogP contribution is 2.25. The highest BCUT2D eigenvalue weighted by molar-refractivity contribution is 5.79. The minimum absolute atomic E-state index is 0.0858. The quantitative estimate of drug-likeness (QED) is 0.606. The fraction of sp³-hybridized carbons (Fsp3) is 0.588. The van der Waals surface area contributed by atoms with Crippen LogP contribution in [0.4, 0.5) is 13.2 Å². The lowest BCUT2D eigenvalue weighted by Gasteiger charge is -2.38. The van der Waals surface area contributed by atoms with E-state index < -0.39 is 12.8 Å². The lowest BCUT2D eigenvalue weighted by Crippen LogP contribution is -2.50. The number of nitrogens with one attached hydrogen (secondary N) is 2. The SMILES string of the molecule is CN=C(NCc1ccc(C)cc1OCC(F)(F)F)NCC1(C)COC1. The maximum absolute atomic E-state index is 12.4. The van der Waals surface area contributed by atoms with Crippen LogP contribution in [0.5, 0.6) is 5.75 Å². The van der Waals surface area contributed by atoms with E-state index in [-0.39, 0.29) is 11.2 Å². The molecule has 1 aliphatic rings. The van der Waals surface area contributed by atoms with Crippen molar-refractivity contribution in [2.75, 3.05) is 33.4 Å². The largest absolute Gasteiger partial charge is 0.484 e. The van der Waals surface area contributed by atoms with Crippen molar-refractivity contribution in [2.24, 2.45) is 10.4 Å². The highest BCUT2D eigenvalue weighted by Gasteiger charge is 2.33. The first-order chi connectivity index (χ1) is 11.7. The van der Waals surface area contributed by atoms with Crippen LogP contribution in [-0.2, 0) is 11.3 Å². The Morgan fingerprint density at radius 1 is 1.32 bits per heavy atom. The Morgan fingerprint density at radius 2 is 2.04 bits per heavy atom. The van der Waals surface area contributed by atoms with Gasteiger partial charge in [-0.3, -0.25) is 4.99 Å². The summed E-state index contributed by atoms with van der Waals surface area (Å²) in [7, 11) is 1.64. The third-order valence-corrected chi connectivity index (χ3v) is 3.87. The number of guanidine groups is 1. The standard InChI is InChI=1S/C17H24F3N3O2/c1-12-4-5-13(14(6-12)25-11-17(18,19)20)7-22-15(21-3)23-8-16(2)9-24-10-16/h4-6H,7-11H2,1-3H3,(H2,21,22,23). The summed E-state index contributed by atoms with van der Waals surface area (Å²) < 4.78 is 47.4. The summed E-state index contributed by atoms with van der Waals surface area (Å²) in [5, 5.41) is 6.31. The molecular formula is C17H24F3N3O2. The number of ether oxygens (including phenoxy) is 2. The minimum atomic E-state index is -4.37. The van der Waals surface area contributed by atoms with Gasteiger partial charge in [-0.2, -0.15) is 13.2 Å². The van der Waals surface area contributed by atoms with E-state index in [1.54, 1.807) is 26.1 Å². The van der Waals surface area contributed by atoms with Crippen molar-refractivity contribution in [1.29, 1.82) is 0 Å². The van der Waals surface area contributed by atoms with Crippen molar-refractivity contribution in [3.05, 3.63) is 29.3 Å². The molecule has 0 radical (unpaired) electrons. The molecule has 25 heavy (non-hydrogen) atoms. The molecule has 0 aromatic heterocycles. The van der Waals surface area contributed by atoms with Crippen molar-refractivity contribution in [3.63, 3.8) is 0 Å². The maximum atomic E-state index is 12.4. The van der Waals surface area contributed by atoms with E-state index in [2.05, 4.69) is 22.5 Å². The van der Waals surface area contributed by atoms with Crippen LogP contribution in [-0.4, -0.2) is 45.5 Å². The Morgan fingerprint density at radius 3 is 2.60 bits per heavy atom. The molecule has 0 aliphatic carbocycles. The van der Waals surface area contributed by atoms with E-state index in [4.69, 9.17) is 9.47 Å². The second-order valence-electron chi connectivity index (χ2n) is 6.60. The van der Waals surface area contributed by atoms with E-state index in [0.29, 0.717) is 37.8 Å². The van der Waals surface area contributed by atoms with Crippen LogP contribution in [0.2, 0.25) is 0 Å². The van der Waals surface area contributed by atoms with Crippen molar-refractivity contribution in [3.8, 4) is 5.75 Å². The average molecular weight is 359 g/mol. The van der Waals surface area contributed by atoms with Gasteiger partial charge in [0.1, 0.15) is 5.75 Å². The molecule has 1 aliphatic heterocycles. The van der Waals surface area contributed by atoms with Gasteiger partial charge in [0.05, 0.1) is 13.2 Å². The van der Waals surface area contributed by atoms with E-state index in [9.17, 15) is 13.2 Å². The summed E-state index contributed by atoms with van der Waals surface area (Å²) in [6.07, 6.45) is -4.37. The molecule has 0 atom stereocenters. The van der Waals surface area contributed by atoms with Crippen LogP contribution in [0, 0.1) is 12.3 Å². The van der Waals surface area contributed by atoms with Gasteiger partial charge in [0.25, 0.3) is 0 Å². The fourth-order valence-electron chi connectivity index (χ4n) is 2.35. The van der Waals surface area contributed by atoms with Gasteiger partial charge in [0.2, 0.25) is 0 Å². The Labute approximate surface area is 145 Å². The first-order valence-electron chi connectivity index (χ1n) is 8.02. The van der Waals surface area contributed by atoms with E-state index in [1.165, 1.54) is 0 Å². The first-order valence-corrected chi connectivity index (χ1v) is 8.02. The second kappa shape index (κ2) is 7.95. The number of aryl methyl sites for hydroxylation is 1. The van der Waals surface area contributed by atoms with Gasteiger partial charge in [-0.25, -0.2) is 0 Å². The Hall–Kier alpha value is -1.96. The molecule has 0 bridgehead atoms. The van der Waals surface area contributed by atoms with E-state index in [0.717, 1.165) is 5.56 Å². The molecule has 1 aromatic carbocycles. The third-order valence-electron chi connectivity index (χ3n) is 3.87. The Bertz CT molecular complexity index is 614. The van der Waals surface area contributed by atoms with Gasteiger partial charge in [-0.15, -0.1) is 0 Å². The molecule has 1 saturated heterocycles. The van der Waals surface area contributed by atoms with Gasteiger partial charge in [-0.1, -0.05) is 19.1 Å². The van der Waals surface area contributed by atoms with Crippen LogP contribution in [0.3, 0.4) is 0 Å². The maximum Gasteiger partial charge on any atom is 0.422 e. The minimum Gasteiger partial charge on any atom is -0.484 e. The van der Waals surface area contributed by atoms with Gasteiger partial charge < -0.3 is 20.1 Å². The smallest absolute Gasteiger partial charge is 0.422 e. The van der Waals surface area contributed by atoms with Crippen LogP contribution >= 0.6 is 0 Å². The number of halogens is 3. The highest BCUT2D eigenvalue weighted by atomic mass is 19.4. The molecule has 8 heteroatoms. The van der Waals surface area contributed by atoms with Gasteiger partial charge in [-0.05, 0) is 18.6 Å². The van der Waals surface area contributed by atoms with Crippen molar-refractivity contribution in [2.45, 2.75) is 26.6 Å². The summed E-state index contributed by atoms with van der Waals surface area (Å²) in [6, 6.07) is 5.19. The number of nitrogens with zero attached hydrogens (tertiary/aromatic N) is 1. The first kappa shape index (κ1) is 19.4. The zero-order valence-electron chi connectivity index (χ0n) is 14.7. The molecule has 2 N–H and O–H groups in total. The summed E-state index contributed by atoms with van der Waals surface area (Å²) in [6.45, 7) is 5.02. The van der Waals surface area contributed by atoms with Gasteiger partial charge in [0.15, 0.2) is 12.6 Å². The summed E-state index contributed by atoms with van der Waals surface area (Å²) in [4.78, 5) is 4.13. The fourth-order valence-corrected chi connectivity index (χ4v) is 2.35. The summed E-state index contributed by atoms with van der Waals surface area (Å²) in [5.41, 5.74) is 1.56. The van der Waals surface area contributed by atoms with E-state index >= 15 is 0 Å². The molecule has 0 spiro atoms. The molecule has 2 rings (SSSR count). The molecule has 0 amide bonds. The average Bonchev–Trinajstić information content (AvgIpc) is 2.52. The molecule has 0 saturated carbocycles. The predicted molar refractivity (Wildman–Crippen MR) is 89.9 cm³/mol. The van der Waals surface area contributed by atoms with Gasteiger partial charge in [0, 0.05) is 31.1 Å². The third kappa shape index (κ3) is 6.12. The van der Waals surface area contributed by atoms with Crippen LogP contribution in [0.25, 0.3) is 0 Å². The number of alkyl halides is 3. The van der Waals surface area contributed by atoms with Crippen molar-refractivity contribution in [1.82, 2.24) is 10.6 Å². The number of hydrogen-bond acceptors (Lipinski definition) is 3. The normalized spacial score (nSPS) is 17.0. The molecular weight excluding hydrogens is 335 g/mol. The lowest BCUT2D eigenvalue weighted by molar-refractivity contribution is -0.153. The summed E-state index contributed by atoms with van der Waals surface area (Å²) in [5.74, 6) is 0.801. The second-order valence-corrected chi connectivity index (χ2v) is 6.60. The lowest BCUT2D eigenvalue weighted by atomic mass is 9.89. The number of benzene rings is 1. The summed E-state index contributed by atoms with van der Waals surface area (Å²) >= 11 is 0. The number of hydrogen-bond donors (Lipinski definition) is 2. The molecule has 5 nitrogen and oxygen atoms in total. The van der Waals surface area contributed by atoms with Crippen LogP contribution < -0.4 is 15.4 Å². The van der Waals surface area contributed by atoms with Gasteiger partial charge >= 0.3 is 6.18 Å². The molecule has 1 aromatic rings. The molecule has 1 fully saturated rings. The van der Waals surface area contributed by atoms with Crippen LogP contribution in [0.1, 0.15) is 18.1 Å². The molecule has 140 valence electrons. The zero-order chi connectivity index (χ0) is 18.5. The van der Waals surface area contributed by atoms with Crippen LogP contribution in [0.15, 0.2) is 23.2 Å². The Balaban J connectivity index is 1.93. The topological polar surface area (TPSA) is 54.9 Å². The number of aliphatic imine (C=N–C) groups is 1. The zero-order valence-corrected chi connectivity index (χ0v) is 14.7. The molecule has 0 unspecified atom stereocenters. The predicted octanol–water partition coefficient (Wildman–Crippen LogP) is 2.64. The van der Waals surface area contributed by atoms with Crippen molar-refractivity contribution < 1.29 is 22.6 Å². The number of rotatable bonds is 6. The monoisotopic (exact) mass is 359 g/mol.